The fraction of sp³-hybridized carbons (Fsp3) is 0.200. The predicted octanol–water partition coefficient (Wildman–Crippen LogP) is -0.634. The van der Waals surface area contributed by atoms with Crippen molar-refractivity contribution in [1.82, 2.24) is 20.6 Å². The molecular weight excluding hydrogens is 172 g/mol. The summed E-state index contributed by atoms with van der Waals surface area (Å²) in [6.45, 7) is 0.129. The Morgan fingerprint density at radius 3 is 3.23 bits per heavy atom. The van der Waals surface area contributed by atoms with Gasteiger partial charge in [-0.3, -0.25) is 5.43 Å². The summed E-state index contributed by atoms with van der Waals surface area (Å²) in [5.41, 5.74) is 14.7. The molecule has 0 saturated carbocycles. The van der Waals surface area contributed by atoms with E-state index in [-0.39, 0.29) is 12.6 Å². The number of nitrogens with two attached hydrogens (primary N) is 1. The summed E-state index contributed by atoms with van der Waals surface area (Å²) in [5, 5.41) is 13.8. The van der Waals surface area contributed by atoms with Crippen molar-refractivity contribution in [2.24, 2.45) is 10.2 Å². The Morgan fingerprint density at radius 1 is 1.69 bits per heavy atom. The third-order valence-corrected chi connectivity index (χ3v) is 1.03. The van der Waals surface area contributed by atoms with Gasteiger partial charge in [0.15, 0.2) is 0 Å². The first-order valence-electron chi connectivity index (χ1n) is 3.37. The lowest BCUT2D eigenvalue weighted by molar-refractivity contribution is 0.719. The molecule has 13 heavy (non-hydrogen) atoms. The molecule has 1 rings (SSSR count). The van der Waals surface area contributed by atoms with E-state index < -0.39 is 0 Å². The molecule has 0 fully saturated rings. The number of nitrogen functional groups attached to an aromatic ring is 1. The van der Waals surface area contributed by atoms with Crippen LogP contribution in [0.2, 0.25) is 0 Å². The maximum Gasteiger partial charge on any atom is 0.240 e. The van der Waals surface area contributed by atoms with Crippen LogP contribution >= 0.6 is 0 Å². The van der Waals surface area contributed by atoms with E-state index in [0.717, 1.165) is 0 Å². The molecule has 0 spiro atoms. The second kappa shape index (κ2) is 4.70. The largest absolute Gasteiger partial charge is 0.366 e. The van der Waals surface area contributed by atoms with Crippen molar-refractivity contribution >= 4 is 12.2 Å². The van der Waals surface area contributed by atoms with Crippen LogP contribution in [0.15, 0.2) is 16.4 Å². The van der Waals surface area contributed by atoms with Crippen LogP contribution in [0.5, 0.6) is 0 Å². The molecule has 0 aliphatic rings. The minimum Gasteiger partial charge on any atom is -0.366 e. The Balaban J connectivity index is 2.53. The first-order chi connectivity index (χ1) is 6.33. The summed E-state index contributed by atoms with van der Waals surface area (Å²) in [4.78, 5) is 3.81. The highest BCUT2D eigenvalue weighted by molar-refractivity contribution is 5.76. The second-order valence-corrected chi connectivity index (χ2v) is 1.97. The number of hydrazone groups is 1. The minimum atomic E-state index is 0.0918. The summed E-state index contributed by atoms with van der Waals surface area (Å²) in [6, 6.07) is 0. The van der Waals surface area contributed by atoms with E-state index in [1.54, 1.807) is 0 Å². The Labute approximate surface area is 73.8 Å². The van der Waals surface area contributed by atoms with Crippen LogP contribution in [0.4, 0.5) is 5.95 Å². The van der Waals surface area contributed by atoms with Gasteiger partial charge in [-0.25, -0.2) is 10.5 Å². The van der Waals surface area contributed by atoms with Gasteiger partial charge in [0.25, 0.3) is 0 Å². The molecule has 68 valence electrons. The van der Waals surface area contributed by atoms with Gasteiger partial charge in [0.1, 0.15) is 12.4 Å². The molecule has 0 aliphatic heterocycles. The molecule has 0 unspecified atom stereocenters. The molecule has 8 nitrogen and oxygen atoms in total. The molecule has 0 amide bonds. The van der Waals surface area contributed by atoms with Gasteiger partial charge in [0.05, 0.1) is 12.4 Å². The van der Waals surface area contributed by atoms with E-state index in [2.05, 4.69) is 30.8 Å². The van der Waals surface area contributed by atoms with Crippen molar-refractivity contribution in [3.8, 4) is 0 Å². The molecule has 0 radical (unpaired) electrons. The van der Waals surface area contributed by atoms with E-state index in [1.165, 1.54) is 12.4 Å². The third-order valence-electron chi connectivity index (χ3n) is 1.03. The van der Waals surface area contributed by atoms with E-state index >= 15 is 0 Å². The third kappa shape index (κ3) is 3.18. The van der Waals surface area contributed by atoms with Crippen molar-refractivity contribution in [2.75, 3.05) is 12.4 Å². The topological polar surface area (TPSA) is 125 Å². The summed E-state index contributed by atoms with van der Waals surface area (Å²) >= 11 is 0. The fourth-order valence-electron chi connectivity index (χ4n) is 0.581. The Morgan fingerprint density at radius 2 is 2.54 bits per heavy atom. The van der Waals surface area contributed by atoms with Crippen molar-refractivity contribution in [3.63, 3.8) is 0 Å². The van der Waals surface area contributed by atoms with E-state index in [4.69, 9.17) is 11.3 Å². The molecule has 0 aromatic carbocycles. The van der Waals surface area contributed by atoms with Crippen LogP contribution in [0, 0.1) is 5.53 Å². The molecular formula is C5H8N8. The number of aromatic nitrogens is 3. The lowest BCUT2D eigenvalue weighted by Crippen LogP contribution is -2.06. The van der Waals surface area contributed by atoms with Crippen molar-refractivity contribution < 1.29 is 0 Å². The molecule has 4 N–H and O–H groups in total. The van der Waals surface area contributed by atoms with Gasteiger partial charge >= 0.3 is 0 Å². The standard InChI is InChI=1S/C5H8N8/c6-5-12-4(2-10-13-5)1-9-11-3-8-7/h1-2,7,11H,3H2,(H2,6,12,13)/b8-7?,9-1+. The number of hydrogen-bond acceptors (Lipinski definition) is 8. The van der Waals surface area contributed by atoms with E-state index in [0.29, 0.717) is 5.69 Å². The summed E-state index contributed by atoms with van der Waals surface area (Å²) < 4.78 is 0. The van der Waals surface area contributed by atoms with Gasteiger partial charge in [-0.1, -0.05) is 0 Å². The van der Waals surface area contributed by atoms with E-state index in [9.17, 15) is 0 Å². The predicted molar refractivity (Wildman–Crippen MR) is 45.0 cm³/mol. The Bertz CT molecular complexity index is 307. The zero-order valence-electron chi connectivity index (χ0n) is 6.68. The normalized spacial score (nSPS) is 10.2. The number of nitrogens with zero attached hydrogens (tertiary/aromatic N) is 5. The highest BCUT2D eigenvalue weighted by Crippen LogP contribution is 1.88. The summed E-state index contributed by atoms with van der Waals surface area (Å²) in [6.07, 6.45) is 2.83. The Hall–Kier alpha value is -2.12. The first-order valence-corrected chi connectivity index (χ1v) is 3.37. The highest BCUT2D eigenvalue weighted by atomic mass is 15.3. The monoisotopic (exact) mass is 180 g/mol. The van der Waals surface area contributed by atoms with Crippen molar-refractivity contribution in [2.45, 2.75) is 0 Å². The van der Waals surface area contributed by atoms with E-state index in [1.807, 2.05) is 0 Å². The quantitative estimate of drug-likeness (QED) is 0.246. The summed E-state index contributed by atoms with van der Waals surface area (Å²) in [7, 11) is 0. The fourth-order valence-corrected chi connectivity index (χ4v) is 0.581. The van der Waals surface area contributed by atoms with Crippen LogP contribution < -0.4 is 11.2 Å². The van der Waals surface area contributed by atoms with Gasteiger partial charge in [0, 0.05) is 0 Å². The zero-order valence-corrected chi connectivity index (χ0v) is 6.68. The maximum absolute atomic E-state index is 6.45. The lowest BCUT2D eigenvalue weighted by atomic mass is 10.5. The van der Waals surface area contributed by atoms with Gasteiger partial charge in [-0.2, -0.15) is 15.3 Å². The minimum absolute atomic E-state index is 0.0918. The molecule has 0 atom stereocenters. The molecule has 1 heterocycles. The number of anilines is 1. The van der Waals surface area contributed by atoms with Gasteiger partial charge in [0.2, 0.25) is 5.95 Å². The van der Waals surface area contributed by atoms with Crippen LogP contribution in [0.1, 0.15) is 5.69 Å². The zero-order chi connectivity index (χ0) is 9.52. The SMILES string of the molecule is N=NCN/N=C/c1cnnc(N)n1. The van der Waals surface area contributed by atoms with Gasteiger partial charge in [-0.15, -0.1) is 5.10 Å². The Kier molecular flexibility index (Phi) is 3.24. The number of rotatable bonds is 4. The average Bonchev–Trinajstić information content (AvgIpc) is 2.13. The van der Waals surface area contributed by atoms with Crippen molar-refractivity contribution in [3.05, 3.63) is 11.9 Å². The van der Waals surface area contributed by atoms with Crippen molar-refractivity contribution in [1.29, 1.82) is 5.53 Å². The number of hydrogen-bond donors (Lipinski definition) is 3. The molecule has 0 aliphatic carbocycles. The highest BCUT2D eigenvalue weighted by Gasteiger charge is 1.91. The average molecular weight is 180 g/mol. The molecule has 8 heteroatoms. The van der Waals surface area contributed by atoms with Crippen LogP contribution in [0.25, 0.3) is 0 Å². The smallest absolute Gasteiger partial charge is 0.240 e. The number of nitrogens with one attached hydrogen (secondary N) is 2. The molecule has 1 aromatic heterocycles. The maximum atomic E-state index is 6.45. The van der Waals surface area contributed by atoms with Crippen LogP contribution in [0.3, 0.4) is 0 Å². The summed E-state index contributed by atoms with van der Waals surface area (Å²) in [5.74, 6) is 0.0918. The second-order valence-electron chi connectivity index (χ2n) is 1.97. The first kappa shape index (κ1) is 8.97. The molecule has 0 saturated heterocycles. The lowest BCUT2D eigenvalue weighted by Gasteiger charge is -1.92. The molecule has 1 aromatic rings. The molecule has 0 bridgehead atoms. The van der Waals surface area contributed by atoms with Gasteiger partial charge < -0.3 is 5.73 Å². The van der Waals surface area contributed by atoms with Crippen LogP contribution in [-0.4, -0.2) is 28.1 Å². The van der Waals surface area contributed by atoms with Crippen LogP contribution in [-0.2, 0) is 0 Å². The van der Waals surface area contributed by atoms with Gasteiger partial charge in [-0.05, 0) is 0 Å².